The van der Waals surface area contributed by atoms with Crippen molar-refractivity contribution < 1.29 is 19.4 Å². The maximum absolute atomic E-state index is 13.2. The summed E-state index contributed by atoms with van der Waals surface area (Å²) < 4.78 is 5.37. The third kappa shape index (κ3) is 3.53. The van der Waals surface area contributed by atoms with Gasteiger partial charge in [0, 0.05) is 16.1 Å². The number of Topliss-reactive ketones (excluding diaryl/α,β-unsaturated/α-hetero) is 1. The second-order valence-corrected chi connectivity index (χ2v) is 8.64. The number of carbonyl (C=O) groups excluding carboxylic acids is 2. The number of aliphatic hydroxyl groups is 1. The van der Waals surface area contributed by atoms with Crippen LogP contribution in [0, 0.1) is 20.8 Å². The summed E-state index contributed by atoms with van der Waals surface area (Å²) in [5.74, 6) is -0.807. The van der Waals surface area contributed by atoms with Crippen molar-refractivity contribution >= 4 is 34.5 Å². The van der Waals surface area contributed by atoms with E-state index in [4.69, 9.17) is 4.74 Å². The molecule has 158 valence electrons. The zero-order valence-corrected chi connectivity index (χ0v) is 18.6. The maximum Gasteiger partial charge on any atom is 0.300 e. The van der Waals surface area contributed by atoms with Gasteiger partial charge in [-0.3, -0.25) is 14.5 Å². The minimum absolute atomic E-state index is 0.0987. The van der Waals surface area contributed by atoms with E-state index in [-0.39, 0.29) is 11.3 Å². The molecule has 0 aliphatic carbocycles. The Kier molecular flexibility index (Phi) is 5.41. The third-order valence-corrected chi connectivity index (χ3v) is 6.46. The molecule has 0 radical (unpaired) electrons. The maximum atomic E-state index is 13.2. The number of aryl methyl sites for hydroxylation is 3. The van der Waals surface area contributed by atoms with Gasteiger partial charge in [0.05, 0.1) is 12.7 Å². The molecule has 1 amide bonds. The molecule has 2 aromatic carbocycles. The first-order chi connectivity index (χ1) is 14.8. The summed E-state index contributed by atoms with van der Waals surface area (Å²) >= 11 is 1.45. The summed E-state index contributed by atoms with van der Waals surface area (Å²) in [7, 11) is 1.59. The highest BCUT2D eigenvalue weighted by molar-refractivity contribution is 7.10. The van der Waals surface area contributed by atoms with Crippen LogP contribution in [0.5, 0.6) is 5.75 Å². The van der Waals surface area contributed by atoms with Gasteiger partial charge in [0.15, 0.2) is 0 Å². The standard InChI is InChI=1S/C25H23NO4S/c1-14-7-5-8-17(11-14)26-22(20-9-6-10-31-20)21(24(28)25(26)29)23(27)18-12-16(3)19(30-4)13-15(18)2/h5-13,22,27H,1-4H3/b23-21-. The van der Waals surface area contributed by atoms with Crippen LogP contribution in [0.15, 0.2) is 59.5 Å². The van der Waals surface area contributed by atoms with Crippen LogP contribution in [0.25, 0.3) is 5.76 Å². The van der Waals surface area contributed by atoms with E-state index >= 15 is 0 Å². The van der Waals surface area contributed by atoms with Crippen molar-refractivity contribution in [2.24, 2.45) is 0 Å². The molecular formula is C25H23NO4S. The number of thiophene rings is 1. The minimum Gasteiger partial charge on any atom is -0.507 e. The van der Waals surface area contributed by atoms with Gasteiger partial charge in [-0.1, -0.05) is 18.2 Å². The first-order valence-corrected chi connectivity index (χ1v) is 10.8. The van der Waals surface area contributed by atoms with Crippen molar-refractivity contribution in [1.82, 2.24) is 0 Å². The molecule has 1 N–H and O–H groups in total. The van der Waals surface area contributed by atoms with Gasteiger partial charge in [0.2, 0.25) is 0 Å². The average Bonchev–Trinajstić information content (AvgIpc) is 3.36. The second kappa shape index (κ2) is 8.04. The van der Waals surface area contributed by atoms with Crippen LogP contribution in [0.3, 0.4) is 0 Å². The van der Waals surface area contributed by atoms with E-state index in [1.807, 2.05) is 68.6 Å². The van der Waals surface area contributed by atoms with Gasteiger partial charge in [-0.15, -0.1) is 11.3 Å². The molecule has 3 aromatic rings. The van der Waals surface area contributed by atoms with Crippen LogP contribution in [-0.2, 0) is 9.59 Å². The average molecular weight is 434 g/mol. The Bertz CT molecular complexity index is 1210. The van der Waals surface area contributed by atoms with E-state index in [1.54, 1.807) is 13.2 Å². The van der Waals surface area contributed by atoms with Crippen LogP contribution in [0.4, 0.5) is 5.69 Å². The van der Waals surface area contributed by atoms with Crippen molar-refractivity contribution in [1.29, 1.82) is 0 Å². The molecule has 1 atom stereocenters. The fourth-order valence-corrected chi connectivity index (χ4v) is 4.83. The van der Waals surface area contributed by atoms with Gasteiger partial charge in [-0.2, -0.15) is 0 Å². The smallest absolute Gasteiger partial charge is 0.300 e. The van der Waals surface area contributed by atoms with Gasteiger partial charge < -0.3 is 9.84 Å². The number of anilines is 1. The number of hydrogen-bond donors (Lipinski definition) is 1. The SMILES string of the molecule is COc1cc(C)c(/C(O)=C2/C(=O)C(=O)N(c3cccc(C)c3)C2c2cccs2)cc1C. The van der Waals surface area contributed by atoms with Crippen molar-refractivity contribution in [3.63, 3.8) is 0 Å². The third-order valence-electron chi connectivity index (χ3n) is 5.53. The van der Waals surface area contributed by atoms with Gasteiger partial charge in [-0.05, 0) is 73.2 Å². The minimum atomic E-state index is -0.691. The zero-order valence-electron chi connectivity index (χ0n) is 17.8. The largest absolute Gasteiger partial charge is 0.507 e. The molecule has 6 heteroatoms. The molecule has 0 spiro atoms. The number of amides is 1. The lowest BCUT2D eigenvalue weighted by Gasteiger charge is -2.24. The highest BCUT2D eigenvalue weighted by Crippen LogP contribution is 2.44. The van der Waals surface area contributed by atoms with Crippen molar-refractivity contribution in [2.45, 2.75) is 26.8 Å². The molecular weight excluding hydrogens is 410 g/mol. The quantitative estimate of drug-likeness (QED) is 0.344. The molecule has 1 unspecified atom stereocenters. The molecule has 4 rings (SSSR count). The molecule has 2 heterocycles. The summed E-state index contributed by atoms with van der Waals surface area (Å²) in [4.78, 5) is 28.6. The molecule has 1 aliphatic rings. The van der Waals surface area contributed by atoms with Gasteiger partial charge in [0.1, 0.15) is 17.6 Å². The first-order valence-electron chi connectivity index (χ1n) is 9.90. The fourth-order valence-electron chi connectivity index (χ4n) is 4.00. The van der Waals surface area contributed by atoms with E-state index in [0.717, 1.165) is 21.6 Å². The summed E-state index contributed by atoms with van der Waals surface area (Å²) in [5.41, 5.74) is 3.80. The van der Waals surface area contributed by atoms with Crippen LogP contribution >= 0.6 is 11.3 Å². The van der Waals surface area contributed by atoms with Gasteiger partial charge >= 0.3 is 0 Å². The Balaban J connectivity index is 1.95. The number of nitrogens with zero attached hydrogens (tertiary/aromatic N) is 1. The molecule has 1 aromatic heterocycles. The molecule has 1 aliphatic heterocycles. The predicted octanol–water partition coefficient (Wildman–Crippen LogP) is 5.31. The monoisotopic (exact) mass is 433 g/mol. The number of ketones is 1. The summed E-state index contributed by atoms with van der Waals surface area (Å²) in [5, 5.41) is 13.2. The summed E-state index contributed by atoms with van der Waals surface area (Å²) in [6, 6.07) is 14.1. The van der Waals surface area contributed by atoms with E-state index in [9.17, 15) is 14.7 Å². The molecule has 0 saturated carbocycles. The Labute approximate surface area is 185 Å². The Hall–Kier alpha value is -3.38. The van der Waals surface area contributed by atoms with E-state index in [1.165, 1.54) is 16.2 Å². The number of aliphatic hydroxyl groups excluding tert-OH is 1. The zero-order chi connectivity index (χ0) is 22.3. The van der Waals surface area contributed by atoms with E-state index < -0.39 is 17.7 Å². The highest BCUT2D eigenvalue weighted by atomic mass is 32.1. The Morgan fingerprint density at radius 3 is 2.45 bits per heavy atom. The van der Waals surface area contributed by atoms with Crippen molar-refractivity contribution in [2.75, 3.05) is 12.0 Å². The Morgan fingerprint density at radius 2 is 1.81 bits per heavy atom. The lowest BCUT2D eigenvalue weighted by Crippen LogP contribution is -2.29. The summed E-state index contributed by atoms with van der Waals surface area (Å²) in [6.07, 6.45) is 0. The number of ether oxygens (including phenoxy) is 1. The van der Waals surface area contributed by atoms with Crippen LogP contribution in [-0.4, -0.2) is 23.9 Å². The normalized spacial score (nSPS) is 17.9. The van der Waals surface area contributed by atoms with Crippen LogP contribution < -0.4 is 9.64 Å². The number of rotatable bonds is 4. The number of benzene rings is 2. The number of carbonyl (C=O) groups is 2. The van der Waals surface area contributed by atoms with Crippen molar-refractivity contribution in [3.05, 3.63) is 86.6 Å². The second-order valence-electron chi connectivity index (χ2n) is 7.66. The molecule has 0 bridgehead atoms. The summed E-state index contributed by atoms with van der Waals surface area (Å²) in [6.45, 7) is 5.65. The topological polar surface area (TPSA) is 66.8 Å². The van der Waals surface area contributed by atoms with E-state index in [2.05, 4.69) is 0 Å². The Morgan fingerprint density at radius 1 is 1.03 bits per heavy atom. The van der Waals surface area contributed by atoms with Crippen LogP contribution in [0.2, 0.25) is 0 Å². The highest BCUT2D eigenvalue weighted by Gasteiger charge is 2.47. The van der Waals surface area contributed by atoms with Crippen LogP contribution in [0.1, 0.15) is 33.2 Å². The van der Waals surface area contributed by atoms with Gasteiger partial charge in [0.25, 0.3) is 11.7 Å². The predicted molar refractivity (Wildman–Crippen MR) is 123 cm³/mol. The molecule has 5 nitrogen and oxygen atoms in total. The van der Waals surface area contributed by atoms with E-state index in [0.29, 0.717) is 17.0 Å². The van der Waals surface area contributed by atoms with Gasteiger partial charge in [-0.25, -0.2) is 0 Å². The number of methoxy groups -OCH3 is 1. The number of hydrogen-bond acceptors (Lipinski definition) is 5. The molecule has 1 saturated heterocycles. The molecule has 31 heavy (non-hydrogen) atoms. The lowest BCUT2D eigenvalue weighted by molar-refractivity contribution is -0.132. The molecule has 1 fully saturated rings. The fraction of sp³-hybridized carbons (Fsp3) is 0.200. The van der Waals surface area contributed by atoms with Crippen molar-refractivity contribution in [3.8, 4) is 5.75 Å². The first kappa shape index (κ1) is 20.9. The lowest BCUT2D eigenvalue weighted by atomic mass is 9.95.